The first-order chi connectivity index (χ1) is 10.2. The Kier molecular flexibility index (Phi) is 3.98. The van der Waals surface area contributed by atoms with Crippen molar-refractivity contribution in [1.29, 1.82) is 0 Å². The van der Waals surface area contributed by atoms with Gasteiger partial charge in [-0.25, -0.2) is 9.97 Å². The minimum atomic E-state index is 0.443. The molecular formula is C14H13ClN4OS. The van der Waals surface area contributed by atoms with Crippen molar-refractivity contribution in [3.63, 3.8) is 0 Å². The van der Waals surface area contributed by atoms with Crippen molar-refractivity contribution < 1.29 is 4.74 Å². The molecule has 0 aliphatic carbocycles. The van der Waals surface area contributed by atoms with E-state index in [1.165, 1.54) is 0 Å². The molecule has 0 aliphatic rings. The van der Waals surface area contributed by atoms with Crippen LogP contribution in [-0.4, -0.2) is 26.9 Å². The van der Waals surface area contributed by atoms with Crippen molar-refractivity contribution in [2.75, 3.05) is 7.11 Å². The fraction of sp³-hybridized carbons (Fsp3) is 0.214. The molecule has 2 heterocycles. The lowest BCUT2D eigenvalue weighted by atomic mass is 10.3. The van der Waals surface area contributed by atoms with Gasteiger partial charge in [-0.3, -0.25) is 4.68 Å². The molecule has 0 unspecified atom stereocenters. The molecule has 1 aromatic carbocycles. The number of aromatic nitrogens is 4. The van der Waals surface area contributed by atoms with E-state index >= 15 is 0 Å². The smallest absolute Gasteiger partial charge is 0.162 e. The van der Waals surface area contributed by atoms with Gasteiger partial charge in [0.25, 0.3) is 0 Å². The van der Waals surface area contributed by atoms with Crippen molar-refractivity contribution in [3.8, 4) is 5.75 Å². The average Bonchev–Trinajstić information content (AvgIpc) is 2.88. The first-order valence-electron chi connectivity index (χ1n) is 6.28. The van der Waals surface area contributed by atoms with Crippen LogP contribution in [0.25, 0.3) is 11.0 Å². The van der Waals surface area contributed by atoms with E-state index in [1.54, 1.807) is 29.8 Å². The number of ether oxygens (including phenoxy) is 1. The number of hydrogen-bond donors (Lipinski definition) is 0. The van der Waals surface area contributed by atoms with Crippen LogP contribution in [0.2, 0.25) is 5.15 Å². The zero-order valence-corrected chi connectivity index (χ0v) is 13.1. The Labute approximate surface area is 131 Å². The number of hydrogen-bond acceptors (Lipinski definition) is 5. The summed E-state index contributed by atoms with van der Waals surface area (Å²) in [7, 11) is 3.49. The molecule has 2 aromatic heterocycles. The lowest BCUT2D eigenvalue weighted by Crippen LogP contribution is -1.98. The third-order valence-electron chi connectivity index (χ3n) is 3.02. The molecule has 7 heteroatoms. The molecule has 0 spiro atoms. The molecule has 0 atom stereocenters. The molecule has 3 rings (SSSR count). The third-order valence-corrected chi connectivity index (χ3v) is 4.32. The van der Waals surface area contributed by atoms with Crippen molar-refractivity contribution >= 4 is 34.4 Å². The number of nitrogens with zero attached hydrogens (tertiary/aromatic N) is 4. The summed E-state index contributed by atoms with van der Waals surface area (Å²) in [6, 6.07) is 7.88. The minimum absolute atomic E-state index is 0.443. The highest BCUT2D eigenvalue weighted by atomic mass is 35.5. The molecule has 0 saturated heterocycles. The van der Waals surface area contributed by atoms with Crippen LogP contribution in [0, 0.1) is 0 Å². The second kappa shape index (κ2) is 5.91. The van der Waals surface area contributed by atoms with Gasteiger partial charge in [0.2, 0.25) is 0 Å². The summed E-state index contributed by atoms with van der Waals surface area (Å²) >= 11 is 7.82. The maximum Gasteiger partial charge on any atom is 0.162 e. The molecule has 3 aromatic rings. The second-order valence-corrected chi connectivity index (χ2v) is 5.81. The van der Waals surface area contributed by atoms with Crippen LogP contribution in [0.4, 0.5) is 0 Å². The summed E-state index contributed by atoms with van der Waals surface area (Å²) in [5, 5.41) is 5.36. The van der Waals surface area contributed by atoms with Crippen molar-refractivity contribution in [1.82, 2.24) is 19.7 Å². The molecular weight excluding hydrogens is 308 g/mol. The van der Waals surface area contributed by atoms with E-state index in [0.29, 0.717) is 16.7 Å². The molecule has 0 fully saturated rings. The van der Waals surface area contributed by atoms with E-state index in [0.717, 1.165) is 21.7 Å². The van der Waals surface area contributed by atoms with Gasteiger partial charge < -0.3 is 4.74 Å². The van der Waals surface area contributed by atoms with Crippen LogP contribution in [0.1, 0.15) is 5.82 Å². The van der Waals surface area contributed by atoms with Crippen LogP contribution in [0.5, 0.6) is 5.75 Å². The second-order valence-electron chi connectivity index (χ2n) is 4.40. The quantitative estimate of drug-likeness (QED) is 0.545. The van der Waals surface area contributed by atoms with Gasteiger partial charge in [0.05, 0.1) is 24.4 Å². The maximum absolute atomic E-state index is 6.17. The summed E-state index contributed by atoms with van der Waals surface area (Å²) in [6.07, 6.45) is 1.68. The monoisotopic (exact) mass is 320 g/mol. The van der Waals surface area contributed by atoms with Crippen LogP contribution in [-0.2, 0) is 12.8 Å². The third kappa shape index (κ3) is 2.96. The molecule has 0 N–H and O–H groups in total. The summed E-state index contributed by atoms with van der Waals surface area (Å²) in [6.45, 7) is 0. The van der Waals surface area contributed by atoms with Gasteiger partial charge in [-0.15, -0.1) is 11.8 Å². The summed E-state index contributed by atoms with van der Waals surface area (Å²) in [4.78, 5) is 9.95. The van der Waals surface area contributed by atoms with Gasteiger partial charge in [0.1, 0.15) is 16.7 Å². The maximum atomic E-state index is 6.17. The number of benzene rings is 1. The van der Waals surface area contributed by atoms with Crippen LogP contribution >= 0.6 is 23.4 Å². The number of aryl methyl sites for hydroxylation is 1. The van der Waals surface area contributed by atoms with E-state index in [2.05, 4.69) is 15.1 Å². The minimum Gasteiger partial charge on any atom is -0.497 e. The molecule has 0 bridgehead atoms. The SMILES string of the molecule is COc1ccc(SCc2nc(Cl)c3cnn(C)c3n2)cc1. The van der Waals surface area contributed by atoms with E-state index in [9.17, 15) is 0 Å². The lowest BCUT2D eigenvalue weighted by molar-refractivity contribution is 0.414. The molecule has 0 saturated carbocycles. The van der Waals surface area contributed by atoms with Gasteiger partial charge in [0, 0.05) is 11.9 Å². The highest BCUT2D eigenvalue weighted by Gasteiger charge is 2.10. The molecule has 5 nitrogen and oxygen atoms in total. The fourth-order valence-corrected chi connectivity index (χ4v) is 2.90. The van der Waals surface area contributed by atoms with Crippen LogP contribution < -0.4 is 4.74 Å². The van der Waals surface area contributed by atoms with Gasteiger partial charge in [0.15, 0.2) is 5.65 Å². The fourth-order valence-electron chi connectivity index (χ4n) is 1.91. The van der Waals surface area contributed by atoms with E-state index in [-0.39, 0.29) is 0 Å². The Hall–Kier alpha value is -1.79. The highest BCUT2D eigenvalue weighted by molar-refractivity contribution is 7.98. The largest absolute Gasteiger partial charge is 0.497 e. The lowest BCUT2D eigenvalue weighted by Gasteiger charge is -2.04. The zero-order chi connectivity index (χ0) is 14.8. The summed E-state index contributed by atoms with van der Waals surface area (Å²) < 4.78 is 6.84. The normalized spacial score (nSPS) is 11.0. The standard InChI is InChI=1S/C14H13ClN4OS/c1-19-14-11(7-16-19)13(15)17-12(18-14)8-21-10-5-3-9(20-2)4-6-10/h3-7H,8H2,1-2H3. The Morgan fingerprint density at radius 2 is 2.00 bits per heavy atom. The highest BCUT2D eigenvalue weighted by Crippen LogP contribution is 2.26. The first kappa shape index (κ1) is 14.2. The van der Waals surface area contributed by atoms with Gasteiger partial charge in [-0.1, -0.05) is 11.6 Å². The van der Waals surface area contributed by atoms with Gasteiger partial charge >= 0.3 is 0 Å². The first-order valence-corrected chi connectivity index (χ1v) is 7.64. The Balaban J connectivity index is 1.79. The molecule has 0 radical (unpaired) electrons. The predicted molar refractivity (Wildman–Crippen MR) is 83.9 cm³/mol. The van der Waals surface area contributed by atoms with Gasteiger partial charge in [-0.2, -0.15) is 5.10 Å². The van der Waals surface area contributed by atoms with Crippen molar-refractivity contribution in [2.45, 2.75) is 10.6 Å². The predicted octanol–water partition coefficient (Wildman–Crippen LogP) is 3.32. The summed E-state index contributed by atoms with van der Waals surface area (Å²) in [5.41, 5.74) is 0.750. The van der Waals surface area contributed by atoms with E-state index in [1.807, 2.05) is 31.3 Å². The van der Waals surface area contributed by atoms with Crippen molar-refractivity contribution in [2.24, 2.45) is 7.05 Å². The number of rotatable bonds is 4. The molecule has 108 valence electrons. The number of halogens is 1. The Bertz CT molecular complexity index is 772. The van der Waals surface area contributed by atoms with Crippen LogP contribution in [0.15, 0.2) is 35.4 Å². The Morgan fingerprint density at radius 3 is 2.71 bits per heavy atom. The van der Waals surface area contributed by atoms with Gasteiger partial charge in [-0.05, 0) is 24.3 Å². The van der Waals surface area contributed by atoms with E-state index in [4.69, 9.17) is 16.3 Å². The molecule has 0 amide bonds. The number of methoxy groups -OCH3 is 1. The molecule has 21 heavy (non-hydrogen) atoms. The number of fused-ring (bicyclic) bond motifs is 1. The summed E-state index contributed by atoms with van der Waals surface area (Å²) in [5.74, 6) is 2.18. The van der Waals surface area contributed by atoms with Crippen molar-refractivity contribution in [3.05, 3.63) is 41.4 Å². The zero-order valence-electron chi connectivity index (χ0n) is 11.6. The molecule has 0 aliphatic heterocycles. The van der Waals surface area contributed by atoms with Crippen LogP contribution in [0.3, 0.4) is 0 Å². The topological polar surface area (TPSA) is 52.8 Å². The number of thioether (sulfide) groups is 1. The average molecular weight is 321 g/mol. The Morgan fingerprint density at radius 1 is 1.24 bits per heavy atom. The van der Waals surface area contributed by atoms with E-state index < -0.39 is 0 Å².